The average Bonchev–Trinajstić information content (AvgIpc) is 3.19. The largest absolute Gasteiger partial charge is 0.456 e. The average molecular weight is 343 g/mol. The van der Waals surface area contributed by atoms with E-state index in [1.165, 1.54) is 63.9 Å². The summed E-state index contributed by atoms with van der Waals surface area (Å²) in [5, 5.41) is 0. The summed E-state index contributed by atoms with van der Waals surface area (Å²) in [7, 11) is 0. The number of allylic oxidation sites excluding steroid dienone is 2. The number of fused-ring (bicyclic) bond motifs is 2. The predicted molar refractivity (Wildman–Crippen MR) is 101 cm³/mol. The van der Waals surface area contributed by atoms with Crippen molar-refractivity contribution in [1.82, 2.24) is 0 Å². The number of rotatable bonds is 3. The fourth-order valence-electron chi connectivity index (χ4n) is 6.97. The molecule has 2 unspecified atom stereocenters. The minimum Gasteiger partial charge on any atom is -0.456 e. The molecule has 6 bridgehead atoms. The molecule has 0 saturated heterocycles. The topological polar surface area (TPSA) is 26.3 Å². The molecule has 0 aromatic heterocycles. The molecular weight excluding hydrogens is 308 g/mol. The molecule has 0 amide bonds. The monoisotopic (exact) mass is 342 g/mol. The zero-order chi connectivity index (χ0) is 17.7. The lowest BCUT2D eigenvalue weighted by molar-refractivity contribution is -0.194. The summed E-state index contributed by atoms with van der Waals surface area (Å²) in [6.07, 6.45) is 18.5. The minimum atomic E-state index is -0.339. The maximum atomic E-state index is 11.6. The van der Waals surface area contributed by atoms with E-state index >= 15 is 0 Å². The molecule has 0 spiro atoms. The summed E-state index contributed by atoms with van der Waals surface area (Å²) in [5.41, 5.74) is -0.102. The molecule has 5 saturated carbocycles. The first-order chi connectivity index (χ1) is 11.9. The Kier molecular flexibility index (Phi) is 4.37. The van der Waals surface area contributed by atoms with Gasteiger partial charge in [-0.15, -0.1) is 0 Å². The summed E-state index contributed by atoms with van der Waals surface area (Å²) in [5.74, 6) is 4.37. The number of carbonyl (C=O) groups excluding carboxylic acids is 1. The highest BCUT2D eigenvalue weighted by molar-refractivity contribution is 5.81. The molecule has 138 valence electrons. The van der Waals surface area contributed by atoms with Crippen molar-refractivity contribution in [1.29, 1.82) is 0 Å². The third-order valence-electron chi connectivity index (χ3n) is 8.01. The quantitative estimate of drug-likeness (QED) is 0.374. The molecule has 0 aromatic rings. The number of esters is 1. The van der Waals surface area contributed by atoms with Gasteiger partial charge in [0.2, 0.25) is 0 Å². The van der Waals surface area contributed by atoms with E-state index in [0.29, 0.717) is 0 Å². The smallest absolute Gasteiger partial charge is 0.330 e. The molecule has 6 rings (SSSR count). The van der Waals surface area contributed by atoms with Crippen molar-refractivity contribution in [2.45, 2.75) is 77.2 Å². The fourth-order valence-corrected chi connectivity index (χ4v) is 6.97. The van der Waals surface area contributed by atoms with Gasteiger partial charge in [0.15, 0.2) is 0 Å². The predicted octanol–water partition coefficient (Wildman–Crippen LogP) is 5.68. The van der Waals surface area contributed by atoms with Crippen molar-refractivity contribution in [2.75, 3.05) is 0 Å². The maximum Gasteiger partial charge on any atom is 0.330 e. The molecule has 25 heavy (non-hydrogen) atoms. The van der Waals surface area contributed by atoms with Gasteiger partial charge >= 0.3 is 5.97 Å². The standard InChI is InChI=1S/C16H24O2.C7H10/c1-4-14(17)18-15(2,3)16-8-11-5-12(9-16)7-13(6-11)10-16;1-2-7-4-3-6(1)5-7/h4,11-13H,1,5-10H2,2-3H3;1-2,6-7H,3-5H2. The molecule has 0 aliphatic heterocycles. The number of hydrogen-bond donors (Lipinski definition) is 0. The van der Waals surface area contributed by atoms with Crippen molar-refractivity contribution in [2.24, 2.45) is 35.0 Å². The number of ether oxygens (including phenoxy) is 1. The molecular formula is C23H34O2. The van der Waals surface area contributed by atoms with Crippen LogP contribution in [0.5, 0.6) is 0 Å². The van der Waals surface area contributed by atoms with Gasteiger partial charge in [-0.05, 0) is 101 Å². The van der Waals surface area contributed by atoms with E-state index in [0.717, 1.165) is 29.6 Å². The third kappa shape index (κ3) is 3.22. The second-order valence-corrected chi connectivity index (χ2v) is 10.1. The highest BCUT2D eigenvalue weighted by Gasteiger charge is 2.58. The Balaban J connectivity index is 0.000000185. The van der Waals surface area contributed by atoms with E-state index in [-0.39, 0.29) is 17.0 Å². The van der Waals surface area contributed by atoms with E-state index in [9.17, 15) is 4.79 Å². The van der Waals surface area contributed by atoms with Crippen LogP contribution >= 0.6 is 0 Å². The lowest BCUT2D eigenvalue weighted by Gasteiger charge is -2.61. The van der Waals surface area contributed by atoms with E-state index in [4.69, 9.17) is 4.74 Å². The number of hydrogen-bond acceptors (Lipinski definition) is 2. The summed E-state index contributed by atoms with van der Waals surface area (Å²) >= 11 is 0. The molecule has 0 N–H and O–H groups in total. The zero-order valence-corrected chi connectivity index (χ0v) is 16.0. The SMILES string of the molecule is C1=CC2CCC1C2.C=CC(=O)OC(C)(C)C12CC3CC(CC(C3)C1)C2. The molecule has 0 aromatic carbocycles. The Morgan fingerprint density at radius 3 is 1.80 bits per heavy atom. The highest BCUT2D eigenvalue weighted by Crippen LogP contribution is 2.64. The van der Waals surface area contributed by atoms with E-state index in [1.807, 2.05) is 0 Å². The first-order valence-electron chi connectivity index (χ1n) is 10.4. The highest BCUT2D eigenvalue weighted by atomic mass is 16.6. The fraction of sp³-hybridized carbons (Fsp3) is 0.783. The Labute approximate surface area is 153 Å². The van der Waals surface area contributed by atoms with Crippen LogP contribution in [-0.2, 0) is 9.53 Å². The summed E-state index contributed by atoms with van der Waals surface area (Å²) in [6, 6.07) is 0. The van der Waals surface area contributed by atoms with Crippen LogP contribution < -0.4 is 0 Å². The molecule has 6 aliphatic rings. The van der Waals surface area contributed by atoms with Gasteiger partial charge in [-0.25, -0.2) is 4.79 Å². The van der Waals surface area contributed by atoms with Crippen molar-refractivity contribution >= 4 is 5.97 Å². The van der Waals surface area contributed by atoms with Gasteiger partial charge in [0.1, 0.15) is 5.60 Å². The molecule has 0 heterocycles. The van der Waals surface area contributed by atoms with Crippen LogP contribution in [0.4, 0.5) is 0 Å². The molecule has 5 fully saturated rings. The molecule has 2 heteroatoms. The molecule has 2 atom stereocenters. The summed E-state index contributed by atoms with van der Waals surface area (Å²) < 4.78 is 5.71. The third-order valence-corrected chi connectivity index (χ3v) is 8.01. The van der Waals surface area contributed by atoms with Crippen LogP contribution in [0.3, 0.4) is 0 Å². The summed E-state index contributed by atoms with van der Waals surface area (Å²) in [6.45, 7) is 7.74. The van der Waals surface area contributed by atoms with Gasteiger partial charge in [-0.1, -0.05) is 18.7 Å². The van der Waals surface area contributed by atoms with Crippen molar-refractivity contribution in [3.63, 3.8) is 0 Å². The van der Waals surface area contributed by atoms with Crippen LogP contribution in [0.25, 0.3) is 0 Å². The second-order valence-electron chi connectivity index (χ2n) is 10.1. The number of carbonyl (C=O) groups is 1. The minimum absolute atomic E-state index is 0.237. The van der Waals surface area contributed by atoms with Crippen LogP contribution in [0, 0.1) is 35.0 Å². The summed E-state index contributed by atoms with van der Waals surface area (Å²) in [4.78, 5) is 11.6. The first kappa shape index (κ1) is 17.4. The van der Waals surface area contributed by atoms with Crippen LogP contribution in [0.2, 0.25) is 0 Å². The van der Waals surface area contributed by atoms with Gasteiger partial charge in [0, 0.05) is 11.5 Å². The second kappa shape index (κ2) is 6.28. The Bertz CT molecular complexity index is 523. The molecule has 6 aliphatic carbocycles. The Hall–Kier alpha value is -1.05. The first-order valence-corrected chi connectivity index (χ1v) is 10.4. The Morgan fingerprint density at radius 2 is 1.48 bits per heavy atom. The van der Waals surface area contributed by atoms with Crippen LogP contribution in [-0.4, -0.2) is 11.6 Å². The van der Waals surface area contributed by atoms with Gasteiger partial charge in [-0.3, -0.25) is 0 Å². The maximum absolute atomic E-state index is 11.6. The van der Waals surface area contributed by atoms with Crippen LogP contribution in [0.1, 0.15) is 71.6 Å². The zero-order valence-electron chi connectivity index (χ0n) is 16.0. The van der Waals surface area contributed by atoms with Crippen molar-refractivity contribution in [3.05, 3.63) is 24.8 Å². The normalized spacial score (nSPS) is 42.9. The van der Waals surface area contributed by atoms with Crippen molar-refractivity contribution < 1.29 is 9.53 Å². The van der Waals surface area contributed by atoms with Gasteiger partial charge in [0.25, 0.3) is 0 Å². The van der Waals surface area contributed by atoms with Crippen molar-refractivity contribution in [3.8, 4) is 0 Å². The van der Waals surface area contributed by atoms with Gasteiger partial charge in [0.05, 0.1) is 0 Å². The van der Waals surface area contributed by atoms with Gasteiger partial charge in [-0.2, -0.15) is 0 Å². The van der Waals surface area contributed by atoms with E-state index in [1.54, 1.807) is 0 Å². The lowest BCUT2D eigenvalue weighted by Crippen LogP contribution is -2.57. The Morgan fingerprint density at radius 1 is 1.00 bits per heavy atom. The molecule has 2 nitrogen and oxygen atoms in total. The lowest BCUT2D eigenvalue weighted by atomic mass is 9.46. The van der Waals surface area contributed by atoms with E-state index in [2.05, 4.69) is 32.6 Å². The van der Waals surface area contributed by atoms with E-state index < -0.39 is 0 Å². The van der Waals surface area contributed by atoms with Gasteiger partial charge < -0.3 is 4.74 Å². The van der Waals surface area contributed by atoms with Crippen LogP contribution in [0.15, 0.2) is 24.8 Å². The molecule has 0 radical (unpaired) electrons.